The molecule has 0 aliphatic carbocycles. The fourth-order valence-corrected chi connectivity index (χ4v) is 3.05. The molecule has 3 aliphatic rings. The number of rotatable bonds is 7. The van der Waals surface area contributed by atoms with Gasteiger partial charge in [-0.1, -0.05) is 13.8 Å². The van der Waals surface area contributed by atoms with Crippen molar-refractivity contribution >= 4 is 29.9 Å². The molecule has 1 unspecified atom stereocenters. The van der Waals surface area contributed by atoms with E-state index in [4.69, 9.17) is 14.2 Å². The number of guanidine groups is 1. The molecule has 2 amide bonds. The molecule has 0 aromatic rings. The zero-order chi connectivity index (χ0) is 21.1. The zero-order valence-corrected chi connectivity index (χ0v) is 16.4. The van der Waals surface area contributed by atoms with E-state index in [0.29, 0.717) is 6.61 Å². The van der Waals surface area contributed by atoms with Crippen molar-refractivity contribution in [2.75, 3.05) is 26.9 Å². The van der Waals surface area contributed by atoms with Crippen molar-refractivity contribution in [3.05, 3.63) is 0 Å². The number of nitrogens with zero attached hydrogens (tertiary/aromatic N) is 4. The van der Waals surface area contributed by atoms with Crippen LogP contribution in [0.4, 0.5) is 0 Å². The SMILES string of the molecule is COCCO[C@@H]1[C@H](O)[C@@H](CO)O[C@H]1N1C=NC2C(=O)NC(=NC(=O)C(C)C)N=C21. The number of fused-ring (bicyclic) bond motifs is 1. The molecule has 0 radical (unpaired) electrons. The Morgan fingerprint density at radius 1 is 1.45 bits per heavy atom. The maximum Gasteiger partial charge on any atom is 0.259 e. The summed E-state index contributed by atoms with van der Waals surface area (Å²) < 4.78 is 16.4. The van der Waals surface area contributed by atoms with Gasteiger partial charge in [0.25, 0.3) is 11.8 Å². The smallest absolute Gasteiger partial charge is 0.259 e. The lowest BCUT2D eigenvalue weighted by molar-refractivity contribution is -0.120. The van der Waals surface area contributed by atoms with Crippen LogP contribution in [0.3, 0.4) is 0 Å². The normalized spacial score (nSPS) is 32.7. The highest BCUT2D eigenvalue weighted by atomic mass is 16.6. The summed E-state index contributed by atoms with van der Waals surface area (Å²) in [5.41, 5.74) is 0. The van der Waals surface area contributed by atoms with Crippen molar-refractivity contribution in [1.29, 1.82) is 0 Å². The van der Waals surface area contributed by atoms with Crippen molar-refractivity contribution < 1.29 is 34.0 Å². The molecule has 12 heteroatoms. The molecule has 0 bridgehead atoms. The molecule has 0 spiro atoms. The third-order valence-electron chi connectivity index (χ3n) is 4.63. The van der Waals surface area contributed by atoms with Gasteiger partial charge in [-0.2, -0.15) is 9.98 Å². The highest BCUT2D eigenvalue weighted by Crippen LogP contribution is 2.29. The summed E-state index contributed by atoms with van der Waals surface area (Å²) in [6.45, 7) is 3.44. The average Bonchev–Trinajstić information content (AvgIpc) is 3.23. The molecule has 12 nitrogen and oxygen atoms in total. The van der Waals surface area contributed by atoms with Crippen LogP contribution in [-0.4, -0.2) is 103 Å². The summed E-state index contributed by atoms with van der Waals surface area (Å²) in [5.74, 6) is -1.21. The second kappa shape index (κ2) is 9.05. The van der Waals surface area contributed by atoms with E-state index in [1.165, 1.54) is 18.3 Å². The molecule has 3 rings (SSSR count). The van der Waals surface area contributed by atoms with Crippen LogP contribution in [0.15, 0.2) is 15.0 Å². The molecule has 0 aromatic carbocycles. The van der Waals surface area contributed by atoms with E-state index in [2.05, 4.69) is 20.3 Å². The summed E-state index contributed by atoms with van der Waals surface area (Å²) in [4.78, 5) is 38.0. The lowest BCUT2D eigenvalue weighted by atomic mass is 10.1. The lowest BCUT2D eigenvalue weighted by Gasteiger charge is -2.30. The third kappa shape index (κ3) is 4.36. The van der Waals surface area contributed by atoms with Gasteiger partial charge in [-0.3, -0.25) is 24.8 Å². The van der Waals surface area contributed by atoms with E-state index >= 15 is 0 Å². The number of hydrogen-bond acceptors (Lipinski definition) is 9. The first-order valence-electron chi connectivity index (χ1n) is 9.26. The Kier molecular flexibility index (Phi) is 6.70. The highest BCUT2D eigenvalue weighted by Gasteiger charge is 2.51. The topological polar surface area (TPSA) is 155 Å². The van der Waals surface area contributed by atoms with Crippen LogP contribution in [0.5, 0.6) is 0 Å². The molecule has 1 fully saturated rings. The van der Waals surface area contributed by atoms with Gasteiger partial charge < -0.3 is 24.4 Å². The second-order valence-electron chi connectivity index (χ2n) is 7.03. The molecular weight excluding hydrogens is 386 g/mol. The number of amidine groups is 1. The highest BCUT2D eigenvalue weighted by molar-refractivity contribution is 6.24. The molecule has 0 saturated carbocycles. The Morgan fingerprint density at radius 3 is 2.86 bits per heavy atom. The number of hydrogen-bond donors (Lipinski definition) is 3. The van der Waals surface area contributed by atoms with Gasteiger partial charge >= 0.3 is 0 Å². The van der Waals surface area contributed by atoms with Crippen LogP contribution in [0.1, 0.15) is 13.8 Å². The maximum absolute atomic E-state index is 12.4. The van der Waals surface area contributed by atoms with E-state index in [0.717, 1.165) is 0 Å². The predicted molar refractivity (Wildman–Crippen MR) is 100 cm³/mol. The summed E-state index contributed by atoms with van der Waals surface area (Å²) in [5, 5.41) is 22.4. The van der Waals surface area contributed by atoms with Gasteiger partial charge in [-0.15, -0.1) is 0 Å². The number of ether oxygens (including phenoxy) is 3. The molecule has 3 heterocycles. The third-order valence-corrected chi connectivity index (χ3v) is 4.63. The summed E-state index contributed by atoms with van der Waals surface area (Å²) in [6.07, 6.45) is -2.37. The predicted octanol–water partition coefficient (Wildman–Crippen LogP) is -2.12. The van der Waals surface area contributed by atoms with Crippen LogP contribution in [0.25, 0.3) is 0 Å². The minimum atomic E-state index is -1.11. The number of amides is 2. The molecule has 160 valence electrons. The number of aliphatic hydroxyl groups is 2. The Morgan fingerprint density at radius 2 is 2.21 bits per heavy atom. The van der Waals surface area contributed by atoms with Crippen molar-refractivity contribution in [2.45, 2.75) is 44.4 Å². The number of carbonyl (C=O) groups is 2. The molecule has 3 aliphatic heterocycles. The van der Waals surface area contributed by atoms with Crippen molar-refractivity contribution in [1.82, 2.24) is 10.2 Å². The molecule has 5 atom stereocenters. The Hall–Kier alpha value is -2.25. The summed E-state index contributed by atoms with van der Waals surface area (Å²) in [7, 11) is 1.52. The van der Waals surface area contributed by atoms with Gasteiger partial charge in [-0.05, 0) is 0 Å². The first kappa shape index (κ1) is 21.5. The quantitative estimate of drug-likeness (QED) is 0.402. The van der Waals surface area contributed by atoms with E-state index < -0.39 is 49.0 Å². The first-order chi connectivity index (χ1) is 13.9. The van der Waals surface area contributed by atoms with Crippen molar-refractivity contribution in [3.63, 3.8) is 0 Å². The van der Waals surface area contributed by atoms with Crippen LogP contribution in [-0.2, 0) is 23.8 Å². The van der Waals surface area contributed by atoms with Crippen LogP contribution >= 0.6 is 0 Å². The standard InChI is InChI=1S/C17H25N5O7/c1-8(2)14(25)20-17-19-13-10(15(26)21-17)18-7-22(13)16-12(28-5-4-27-3)11(24)9(6-23)29-16/h7-12,16,23-24H,4-6H2,1-3H3,(H,20,21,25,26)/t9-,10?,11-,12-,16-/m1/s1. The molecule has 0 aromatic heterocycles. The van der Waals surface area contributed by atoms with E-state index in [1.54, 1.807) is 13.8 Å². The summed E-state index contributed by atoms with van der Waals surface area (Å²) >= 11 is 0. The Bertz CT molecular complexity index is 738. The van der Waals surface area contributed by atoms with E-state index in [1.807, 2.05) is 0 Å². The zero-order valence-electron chi connectivity index (χ0n) is 16.4. The monoisotopic (exact) mass is 411 g/mol. The van der Waals surface area contributed by atoms with Gasteiger partial charge in [-0.25, -0.2) is 0 Å². The minimum Gasteiger partial charge on any atom is -0.394 e. The molecule has 3 N–H and O–H groups in total. The molecular formula is C17H25N5O7. The van der Waals surface area contributed by atoms with Crippen LogP contribution < -0.4 is 5.32 Å². The maximum atomic E-state index is 12.4. The lowest BCUT2D eigenvalue weighted by Crippen LogP contribution is -2.54. The number of nitrogens with one attached hydrogen (secondary N) is 1. The largest absolute Gasteiger partial charge is 0.394 e. The number of methoxy groups -OCH3 is 1. The average molecular weight is 411 g/mol. The van der Waals surface area contributed by atoms with Gasteiger partial charge in [0.2, 0.25) is 5.96 Å². The van der Waals surface area contributed by atoms with Gasteiger partial charge in [0.1, 0.15) is 18.3 Å². The van der Waals surface area contributed by atoms with Crippen molar-refractivity contribution in [2.24, 2.45) is 20.9 Å². The van der Waals surface area contributed by atoms with Crippen molar-refractivity contribution in [3.8, 4) is 0 Å². The number of aliphatic hydroxyl groups excluding tert-OH is 2. The Labute approximate surface area is 167 Å². The van der Waals surface area contributed by atoms with E-state index in [9.17, 15) is 19.8 Å². The molecule has 29 heavy (non-hydrogen) atoms. The fourth-order valence-electron chi connectivity index (χ4n) is 3.05. The fraction of sp³-hybridized carbons (Fsp3) is 0.706. The van der Waals surface area contributed by atoms with Crippen LogP contribution in [0.2, 0.25) is 0 Å². The molecule has 1 saturated heterocycles. The minimum absolute atomic E-state index is 0.135. The number of carbonyl (C=O) groups excluding carboxylic acids is 2. The van der Waals surface area contributed by atoms with Crippen LogP contribution in [0, 0.1) is 5.92 Å². The number of aliphatic imine (C=N–C) groups is 3. The first-order valence-corrected chi connectivity index (χ1v) is 9.26. The van der Waals surface area contributed by atoms with E-state index in [-0.39, 0.29) is 24.3 Å². The summed E-state index contributed by atoms with van der Waals surface area (Å²) in [6, 6.07) is -0.934. The van der Waals surface area contributed by atoms with Gasteiger partial charge in [0.15, 0.2) is 18.1 Å². The van der Waals surface area contributed by atoms with Gasteiger partial charge in [0, 0.05) is 13.0 Å². The Balaban J connectivity index is 1.87. The van der Waals surface area contributed by atoms with Gasteiger partial charge in [0.05, 0.1) is 26.2 Å². The second-order valence-corrected chi connectivity index (χ2v) is 7.03.